The Kier molecular flexibility index (Phi) is 2.79. The lowest BCUT2D eigenvalue weighted by Gasteiger charge is -2.15. The van der Waals surface area contributed by atoms with Gasteiger partial charge in [0.1, 0.15) is 5.82 Å². The van der Waals surface area contributed by atoms with Crippen LogP contribution in [0.4, 0.5) is 4.39 Å². The summed E-state index contributed by atoms with van der Waals surface area (Å²) < 4.78 is 13.2. The van der Waals surface area contributed by atoms with Gasteiger partial charge in [-0.25, -0.2) is 4.39 Å². The van der Waals surface area contributed by atoms with Crippen LogP contribution in [0.3, 0.4) is 0 Å². The van der Waals surface area contributed by atoms with E-state index in [0.29, 0.717) is 16.9 Å². The first-order chi connectivity index (χ1) is 8.84. The van der Waals surface area contributed by atoms with E-state index in [0.717, 1.165) is 25.3 Å². The van der Waals surface area contributed by atoms with Crippen molar-refractivity contribution in [2.24, 2.45) is 16.7 Å². The first-order valence-electron chi connectivity index (χ1n) is 7.36. The zero-order valence-electron chi connectivity index (χ0n) is 12.4. The van der Waals surface area contributed by atoms with Crippen molar-refractivity contribution in [3.63, 3.8) is 0 Å². The number of halogens is 1. The first kappa shape index (κ1) is 13.1. The maximum atomic E-state index is 13.2. The predicted molar refractivity (Wildman–Crippen MR) is 76.5 cm³/mol. The third kappa shape index (κ3) is 1.92. The van der Waals surface area contributed by atoms with E-state index >= 15 is 0 Å². The Hall–Kier alpha value is -0.890. The lowest BCUT2D eigenvalue weighted by Crippen LogP contribution is -2.23. The number of fused-ring (bicyclic) bond motifs is 1. The van der Waals surface area contributed by atoms with Crippen LogP contribution in [-0.4, -0.2) is 6.54 Å². The summed E-state index contributed by atoms with van der Waals surface area (Å²) in [5.74, 6) is 0.633. The molecule has 2 aliphatic carbocycles. The van der Waals surface area contributed by atoms with E-state index in [4.69, 9.17) is 0 Å². The Morgan fingerprint density at radius 2 is 1.89 bits per heavy atom. The van der Waals surface area contributed by atoms with Crippen LogP contribution in [0.15, 0.2) is 18.2 Å². The van der Waals surface area contributed by atoms with Crippen LogP contribution in [0.25, 0.3) is 0 Å². The van der Waals surface area contributed by atoms with Crippen LogP contribution < -0.4 is 5.32 Å². The van der Waals surface area contributed by atoms with Crippen molar-refractivity contribution >= 4 is 0 Å². The molecule has 0 amide bonds. The number of aryl methyl sites for hydroxylation is 1. The highest BCUT2D eigenvalue weighted by atomic mass is 19.1. The molecule has 0 heterocycles. The van der Waals surface area contributed by atoms with E-state index in [9.17, 15) is 4.39 Å². The maximum Gasteiger partial charge on any atom is 0.123 e. The smallest absolute Gasteiger partial charge is 0.123 e. The van der Waals surface area contributed by atoms with E-state index in [1.807, 2.05) is 6.07 Å². The van der Waals surface area contributed by atoms with E-state index in [1.165, 1.54) is 11.1 Å². The molecule has 0 saturated heterocycles. The van der Waals surface area contributed by atoms with Gasteiger partial charge in [0.15, 0.2) is 0 Å². The lowest BCUT2D eigenvalue weighted by atomic mass is 10.0. The zero-order valence-corrected chi connectivity index (χ0v) is 12.4. The second kappa shape index (κ2) is 4.05. The summed E-state index contributed by atoms with van der Waals surface area (Å²) in [5.41, 5.74) is 3.36. The third-order valence-corrected chi connectivity index (χ3v) is 6.07. The van der Waals surface area contributed by atoms with E-state index < -0.39 is 0 Å². The molecule has 0 bridgehead atoms. The Bertz CT molecular complexity index is 490. The maximum absolute atomic E-state index is 13.2. The minimum atomic E-state index is -0.108. The summed E-state index contributed by atoms with van der Waals surface area (Å²) in [6.45, 7) is 10.5. The normalized spacial score (nSPS) is 27.3. The minimum Gasteiger partial charge on any atom is -0.310 e. The first-order valence-corrected chi connectivity index (χ1v) is 7.36. The predicted octanol–water partition coefficient (Wildman–Crippen LogP) is 4.08. The van der Waals surface area contributed by atoms with Crippen molar-refractivity contribution in [1.82, 2.24) is 5.32 Å². The summed E-state index contributed by atoms with van der Waals surface area (Å²) in [6.07, 6.45) is 2.11. The van der Waals surface area contributed by atoms with E-state index in [2.05, 4.69) is 33.0 Å². The largest absolute Gasteiger partial charge is 0.310 e. The molecule has 1 aromatic rings. The van der Waals surface area contributed by atoms with Gasteiger partial charge in [0.2, 0.25) is 0 Å². The number of rotatable bonds is 3. The van der Waals surface area contributed by atoms with Crippen molar-refractivity contribution in [3.8, 4) is 0 Å². The highest BCUT2D eigenvalue weighted by Crippen LogP contribution is 2.68. The second-order valence-electron chi connectivity index (χ2n) is 7.34. The Morgan fingerprint density at radius 3 is 2.53 bits per heavy atom. The number of benzene rings is 1. The molecule has 0 aliphatic heterocycles. The molecule has 1 saturated carbocycles. The molecule has 1 unspecified atom stereocenters. The van der Waals surface area contributed by atoms with Gasteiger partial charge >= 0.3 is 0 Å². The van der Waals surface area contributed by atoms with Crippen LogP contribution >= 0.6 is 0 Å². The minimum absolute atomic E-state index is 0.108. The van der Waals surface area contributed by atoms with Gasteiger partial charge < -0.3 is 5.32 Å². The molecule has 1 aromatic carbocycles. The molecule has 1 nitrogen and oxygen atoms in total. The highest BCUT2D eigenvalue weighted by molar-refractivity contribution is 5.35. The van der Waals surface area contributed by atoms with Gasteiger partial charge in [-0.3, -0.25) is 0 Å². The van der Waals surface area contributed by atoms with Crippen molar-refractivity contribution in [2.75, 3.05) is 6.54 Å². The van der Waals surface area contributed by atoms with Crippen molar-refractivity contribution < 1.29 is 4.39 Å². The summed E-state index contributed by atoms with van der Waals surface area (Å²) >= 11 is 0. The fourth-order valence-corrected chi connectivity index (χ4v) is 3.90. The summed E-state index contributed by atoms with van der Waals surface area (Å²) in [6, 6.07) is 5.66. The van der Waals surface area contributed by atoms with Gasteiger partial charge in [0.25, 0.3) is 0 Å². The molecule has 0 radical (unpaired) electrons. The molecule has 0 aromatic heterocycles. The summed E-state index contributed by atoms with van der Waals surface area (Å²) in [4.78, 5) is 0. The lowest BCUT2D eigenvalue weighted by molar-refractivity contribution is 0.457. The highest BCUT2D eigenvalue weighted by Gasteiger charge is 2.63. The van der Waals surface area contributed by atoms with Crippen molar-refractivity contribution in [1.29, 1.82) is 0 Å². The second-order valence-corrected chi connectivity index (χ2v) is 7.34. The molecule has 19 heavy (non-hydrogen) atoms. The fourth-order valence-electron chi connectivity index (χ4n) is 3.90. The molecule has 3 rings (SSSR count). The summed E-state index contributed by atoms with van der Waals surface area (Å²) in [5, 5.41) is 3.71. The molecule has 104 valence electrons. The monoisotopic (exact) mass is 261 g/mol. The molecule has 1 atom stereocenters. The standard InChI is InChI=1S/C17H24FN/c1-16(2)15(17(16,3)4)10-19-14-8-5-11-9-12(18)6-7-13(11)14/h6-7,9,14-15,19H,5,8,10H2,1-4H3. The Labute approximate surface area is 115 Å². The average Bonchev–Trinajstić information content (AvgIpc) is 2.64. The van der Waals surface area contributed by atoms with Crippen LogP contribution in [-0.2, 0) is 6.42 Å². The Balaban J connectivity index is 1.65. The van der Waals surface area contributed by atoms with Gasteiger partial charge in [-0.15, -0.1) is 0 Å². The van der Waals surface area contributed by atoms with Crippen LogP contribution in [0, 0.1) is 22.6 Å². The van der Waals surface area contributed by atoms with Crippen LogP contribution in [0.2, 0.25) is 0 Å². The van der Waals surface area contributed by atoms with Crippen LogP contribution in [0.1, 0.15) is 51.3 Å². The molecule has 1 N–H and O–H groups in total. The molecular formula is C17H24FN. The van der Waals surface area contributed by atoms with E-state index in [1.54, 1.807) is 12.1 Å². The van der Waals surface area contributed by atoms with Gasteiger partial charge in [-0.05, 0) is 59.4 Å². The van der Waals surface area contributed by atoms with Gasteiger partial charge in [0, 0.05) is 6.04 Å². The molecule has 1 fully saturated rings. The number of hydrogen-bond acceptors (Lipinski definition) is 1. The zero-order chi connectivity index (χ0) is 13.8. The topological polar surface area (TPSA) is 12.0 Å². The van der Waals surface area contributed by atoms with Crippen molar-refractivity contribution in [3.05, 3.63) is 35.1 Å². The number of nitrogens with one attached hydrogen (secondary N) is 1. The fraction of sp³-hybridized carbons (Fsp3) is 0.647. The third-order valence-electron chi connectivity index (χ3n) is 6.07. The van der Waals surface area contributed by atoms with Crippen LogP contribution in [0.5, 0.6) is 0 Å². The Morgan fingerprint density at radius 1 is 1.21 bits per heavy atom. The number of hydrogen-bond donors (Lipinski definition) is 1. The molecular weight excluding hydrogens is 237 g/mol. The van der Waals surface area contributed by atoms with Gasteiger partial charge in [-0.1, -0.05) is 33.8 Å². The average molecular weight is 261 g/mol. The van der Waals surface area contributed by atoms with E-state index in [-0.39, 0.29) is 5.82 Å². The summed E-state index contributed by atoms with van der Waals surface area (Å²) in [7, 11) is 0. The van der Waals surface area contributed by atoms with Crippen molar-refractivity contribution in [2.45, 2.75) is 46.6 Å². The van der Waals surface area contributed by atoms with Gasteiger partial charge in [0.05, 0.1) is 0 Å². The molecule has 2 heteroatoms. The molecule has 2 aliphatic rings. The SMILES string of the molecule is CC1(C)C(CNC2CCc3cc(F)ccc32)C1(C)C. The molecule has 0 spiro atoms. The van der Waals surface area contributed by atoms with Gasteiger partial charge in [-0.2, -0.15) is 0 Å². The quantitative estimate of drug-likeness (QED) is 0.864.